The number of hydrogen-bond donors (Lipinski definition) is 1. The van der Waals surface area contributed by atoms with Crippen molar-refractivity contribution in [2.24, 2.45) is 5.73 Å². The number of benzene rings is 2. The molecule has 4 heteroatoms. The van der Waals surface area contributed by atoms with Crippen LogP contribution in [0, 0.1) is 6.92 Å². The van der Waals surface area contributed by atoms with Crippen LogP contribution in [0.5, 0.6) is 0 Å². The first kappa shape index (κ1) is 14.0. The minimum absolute atomic E-state index is 0.234. The van der Waals surface area contributed by atoms with E-state index in [9.17, 15) is 0 Å². The van der Waals surface area contributed by atoms with Gasteiger partial charge in [0, 0.05) is 10.7 Å². The number of aryl methyl sites for hydroxylation is 1. The van der Waals surface area contributed by atoms with Crippen molar-refractivity contribution in [3.63, 3.8) is 0 Å². The molecule has 2 aromatic carbocycles. The van der Waals surface area contributed by atoms with Crippen molar-refractivity contribution in [1.82, 2.24) is 9.78 Å². The third kappa shape index (κ3) is 2.77. The van der Waals surface area contributed by atoms with Gasteiger partial charge in [0.1, 0.15) is 0 Å². The van der Waals surface area contributed by atoms with Crippen molar-refractivity contribution in [3.8, 4) is 5.69 Å². The van der Waals surface area contributed by atoms with Crippen LogP contribution in [0.4, 0.5) is 0 Å². The Morgan fingerprint density at radius 3 is 2.57 bits per heavy atom. The highest BCUT2D eigenvalue weighted by Gasteiger charge is 2.17. The van der Waals surface area contributed by atoms with Gasteiger partial charge in [0.15, 0.2) is 0 Å². The number of rotatable bonds is 3. The summed E-state index contributed by atoms with van der Waals surface area (Å²) < 4.78 is 2.91. The topological polar surface area (TPSA) is 43.8 Å². The van der Waals surface area contributed by atoms with Crippen molar-refractivity contribution >= 4 is 15.9 Å². The van der Waals surface area contributed by atoms with Crippen LogP contribution >= 0.6 is 15.9 Å². The highest BCUT2D eigenvalue weighted by Crippen LogP contribution is 2.28. The van der Waals surface area contributed by atoms with Crippen molar-refractivity contribution < 1.29 is 0 Å². The monoisotopic (exact) mass is 341 g/mol. The van der Waals surface area contributed by atoms with Gasteiger partial charge in [0.2, 0.25) is 0 Å². The fraction of sp³-hybridized carbons (Fsp3) is 0.118. The van der Waals surface area contributed by atoms with Crippen LogP contribution < -0.4 is 5.73 Å². The number of hydrogen-bond acceptors (Lipinski definition) is 2. The first-order valence-corrected chi connectivity index (χ1v) is 7.57. The second-order valence-electron chi connectivity index (χ2n) is 5.01. The second kappa shape index (κ2) is 5.84. The molecule has 106 valence electrons. The molecule has 0 radical (unpaired) electrons. The molecule has 1 atom stereocenters. The quantitative estimate of drug-likeness (QED) is 0.782. The maximum absolute atomic E-state index is 6.46. The third-order valence-corrected chi connectivity index (χ3v) is 4.17. The minimum atomic E-state index is -0.234. The maximum atomic E-state index is 6.46. The van der Waals surface area contributed by atoms with Gasteiger partial charge < -0.3 is 5.73 Å². The number of nitrogens with two attached hydrogens (primary N) is 1. The fourth-order valence-corrected chi connectivity index (χ4v) is 3.12. The van der Waals surface area contributed by atoms with Crippen LogP contribution in [0.15, 0.2) is 65.3 Å². The van der Waals surface area contributed by atoms with Gasteiger partial charge in [-0.05, 0) is 42.3 Å². The lowest BCUT2D eigenvalue weighted by Gasteiger charge is -2.16. The van der Waals surface area contributed by atoms with E-state index in [-0.39, 0.29) is 6.04 Å². The zero-order valence-electron chi connectivity index (χ0n) is 11.7. The van der Waals surface area contributed by atoms with Crippen LogP contribution in [0.1, 0.15) is 22.9 Å². The van der Waals surface area contributed by atoms with Gasteiger partial charge in [-0.1, -0.05) is 46.3 Å². The van der Waals surface area contributed by atoms with Crippen molar-refractivity contribution in [3.05, 3.63) is 82.1 Å². The van der Waals surface area contributed by atoms with E-state index < -0.39 is 0 Å². The summed E-state index contributed by atoms with van der Waals surface area (Å²) in [6, 6.07) is 18.0. The Hall–Kier alpha value is -1.91. The van der Waals surface area contributed by atoms with E-state index in [1.54, 1.807) is 6.20 Å². The summed E-state index contributed by atoms with van der Waals surface area (Å²) in [7, 11) is 0. The molecule has 1 heterocycles. The zero-order chi connectivity index (χ0) is 14.8. The second-order valence-corrected chi connectivity index (χ2v) is 5.86. The summed E-state index contributed by atoms with van der Waals surface area (Å²) >= 11 is 3.60. The van der Waals surface area contributed by atoms with Crippen LogP contribution in [0.25, 0.3) is 5.69 Å². The van der Waals surface area contributed by atoms with Crippen molar-refractivity contribution in [2.75, 3.05) is 0 Å². The lowest BCUT2D eigenvalue weighted by atomic mass is 10.0. The summed E-state index contributed by atoms with van der Waals surface area (Å²) in [6.45, 7) is 2.06. The summed E-state index contributed by atoms with van der Waals surface area (Å²) in [5, 5.41) is 4.40. The van der Waals surface area contributed by atoms with E-state index in [4.69, 9.17) is 5.73 Å². The number of nitrogens with zero attached hydrogens (tertiary/aromatic N) is 2. The molecule has 0 aliphatic heterocycles. The Morgan fingerprint density at radius 1 is 1.10 bits per heavy atom. The van der Waals surface area contributed by atoms with E-state index in [1.165, 1.54) is 5.56 Å². The van der Waals surface area contributed by atoms with Gasteiger partial charge in [-0.3, -0.25) is 0 Å². The Labute approximate surface area is 132 Å². The van der Waals surface area contributed by atoms with Gasteiger partial charge in [-0.2, -0.15) is 5.10 Å². The van der Waals surface area contributed by atoms with E-state index in [2.05, 4.69) is 46.2 Å². The standard InChI is InChI=1S/C17H16BrN3/c1-12-7-8-14(15(18)11-12)17(19)16-9-10-20-21(16)13-5-3-2-4-6-13/h2-11,17H,19H2,1H3. The number of halogens is 1. The normalized spacial score (nSPS) is 12.3. The van der Waals surface area contributed by atoms with Gasteiger partial charge in [0.25, 0.3) is 0 Å². The number of para-hydroxylation sites is 1. The molecule has 1 unspecified atom stereocenters. The third-order valence-electron chi connectivity index (χ3n) is 3.48. The summed E-state index contributed by atoms with van der Waals surface area (Å²) in [5.41, 5.74) is 10.7. The van der Waals surface area contributed by atoms with Gasteiger partial charge >= 0.3 is 0 Å². The Kier molecular flexibility index (Phi) is 3.90. The lowest BCUT2D eigenvalue weighted by Crippen LogP contribution is -2.17. The Bertz CT molecular complexity index is 750. The highest BCUT2D eigenvalue weighted by molar-refractivity contribution is 9.10. The summed E-state index contributed by atoms with van der Waals surface area (Å²) in [4.78, 5) is 0. The molecule has 0 fully saturated rings. The summed E-state index contributed by atoms with van der Waals surface area (Å²) in [6.07, 6.45) is 1.78. The van der Waals surface area contributed by atoms with E-state index in [0.29, 0.717) is 0 Å². The predicted molar refractivity (Wildman–Crippen MR) is 88.5 cm³/mol. The van der Waals surface area contributed by atoms with Gasteiger partial charge in [-0.25, -0.2) is 4.68 Å². The SMILES string of the molecule is Cc1ccc(C(N)c2ccnn2-c2ccccc2)c(Br)c1. The molecule has 3 rings (SSSR count). The van der Waals surface area contributed by atoms with Crippen LogP contribution in [-0.2, 0) is 0 Å². The van der Waals surface area contributed by atoms with Gasteiger partial charge in [0.05, 0.1) is 17.4 Å². The molecule has 0 bridgehead atoms. The number of aromatic nitrogens is 2. The first-order chi connectivity index (χ1) is 10.2. The maximum Gasteiger partial charge on any atom is 0.0738 e. The molecule has 0 aliphatic rings. The Morgan fingerprint density at radius 2 is 1.86 bits per heavy atom. The fourth-order valence-electron chi connectivity index (χ4n) is 2.38. The molecular weight excluding hydrogens is 326 g/mol. The smallest absolute Gasteiger partial charge is 0.0738 e. The van der Waals surface area contributed by atoms with Crippen LogP contribution in [0.2, 0.25) is 0 Å². The van der Waals surface area contributed by atoms with Crippen LogP contribution in [0.3, 0.4) is 0 Å². The zero-order valence-corrected chi connectivity index (χ0v) is 13.3. The average molecular weight is 342 g/mol. The molecule has 0 amide bonds. The largest absolute Gasteiger partial charge is 0.319 e. The molecule has 0 aliphatic carbocycles. The lowest BCUT2D eigenvalue weighted by molar-refractivity contribution is 0.737. The molecule has 0 spiro atoms. The molecule has 21 heavy (non-hydrogen) atoms. The minimum Gasteiger partial charge on any atom is -0.319 e. The van der Waals surface area contributed by atoms with E-state index >= 15 is 0 Å². The Balaban J connectivity index is 2.03. The van der Waals surface area contributed by atoms with Gasteiger partial charge in [-0.15, -0.1) is 0 Å². The molecule has 3 aromatic rings. The molecule has 2 N–H and O–H groups in total. The molecular formula is C17H16BrN3. The average Bonchev–Trinajstić information content (AvgIpc) is 2.97. The predicted octanol–water partition coefficient (Wildman–Crippen LogP) is 3.99. The van der Waals surface area contributed by atoms with Crippen molar-refractivity contribution in [1.29, 1.82) is 0 Å². The van der Waals surface area contributed by atoms with Crippen LogP contribution in [-0.4, -0.2) is 9.78 Å². The first-order valence-electron chi connectivity index (χ1n) is 6.78. The molecule has 1 aromatic heterocycles. The van der Waals surface area contributed by atoms with E-state index in [0.717, 1.165) is 21.4 Å². The molecule has 0 saturated carbocycles. The highest BCUT2D eigenvalue weighted by atomic mass is 79.9. The van der Waals surface area contributed by atoms with Crippen molar-refractivity contribution in [2.45, 2.75) is 13.0 Å². The molecule has 0 saturated heterocycles. The van der Waals surface area contributed by atoms with E-state index in [1.807, 2.05) is 41.1 Å². The molecule has 3 nitrogen and oxygen atoms in total. The summed E-state index contributed by atoms with van der Waals surface area (Å²) in [5.74, 6) is 0.